The predicted octanol–water partition coefficient (Wildman–Crippen LogP) is -1.09. The van der Waals surface area contributed by atoms with Crippen LogP contribution in [0.1, 0.15) is 6.42 Å². The van der Waals surface area contributed by atoms with Gasteiger partial charge in [0.25, 0.3) is 0 Å². The van der Waals surface area contributed by atoms with Crippen LogP contribution in [0, 0.1) is 0 Å². The molecule has 0 saturated heterocycles. The second-order valence-corrected chi connectivity index (χ2v) is 4.23. The normalized spacial score (nSPS) is 12.0. The third-order valence-corrected chi connectivity index (χ3v) is 2.69. The van der Waals surface area contributed by atoms with Gasteiger partial charge in [-0.3, -0.25) is 0 Å². The molecule has 5 heteroatoms. The van der Waals surface area contributed by atoms with Crippen LogP contribution in [-0.4, -0.2) is 32.1 Å². The summed E-state index contributed by atoms with van der Waals surface area (Å²) < 4.78 is 4.43. The largest absolute Gasteiger partial charge is 0.495 e. The van der Waals surface area contributed by atoms with Crippen LogP contribution < -0.4 is 5.73 Å². The first-order valence-electron chi connectivity index (χ1n) is 2.82. The maximum absolute atomic E-state index is 8.87. The Morgan fingerprint density at radius 1 is 1.56 bits per heavy atom. The highest BCUT2D eigenvalue weighted by atomic mass is 28.4. The molecular weight excluding hydrogens is 138 g/mol. The van der Waals surface area contributed by atoms with E-state index in [4.69, 9.17) is 15.3 Å². The summed E-state index contributed by atoms with van der Waals surface area (Å²) in [6.07, 6.45) is 0.604. The van der Waals surface area contributed by atoms with E-state index in [1.165, 1.54) is 7.11 Å². The van der Waals surface area contributed by atoms with E-state index in [2.05, 4.69) is 4.43 Å². The Hall–Kier alpha value is 0.0569. The van der Waals surface area contributed by atoms with Crippen LogP contribution in [-0.2, 0) is 4.43 Å². The summed E-state index contributed by atoms with van der Waals surface area (Å²) in [6, 6.07) is 0.292. The van der Waals surface area contributed by atoms with Gasteiger partial charge < -0.3 is 19.8 Å². The third-order valence-electron chi connectivity index (χ3n) is 1.03. The van der Waals surface area contributed by atoms with Gasteiger partial charge in [-0.05, 0) is 13.0 Å². The number of nitrogens with two attached hydrogens (primary N) is 1. The molecule has 0 bridgehead atoms. The van der Waals surface area contributed by atoms with E-state index in [9.17, 15) is 0 Å². The summed E-state index contributed by atoms with van der Waals surface area (Å²) >= 11 is 0. The maximum Gasteiger partial charge on any atom is 0.495 e. The fraction of sp³-hybridized carbons (Fsp3) is 1.00. The topological polar surface area (TPSA) is 75.7 Å². The van der Waals surface area contributed by atoms with Gasteiger partial charge in [0, 0.05) is 13.2 Å². The van der Waals surface area contributed by atoms with Crippen molar-refractivity contribution in [3.63, 3.8) is 0 Å². The van der Waals surface area contributed by atoms with Gasteiger partial charge in [-0.25, -0.2) is 0 Å². The highest BCUT2D eigenvalue weighted by Crippen LogP contribution is 2.03. The minimum absolute atomic E-state index is 0.292. The molecule has 0 fully saturated rings. The van der Waals surface area contributed by atoms with Crippen molar-refractivity contribution in [3.8, 4) is 0 Å². The Morgan fingerprint density at radius 3 is 2.44 bits per heavy atom. The van der Waals surface area contributed by atoms with E-state index < -0.39 is 8.80 Å². The summed E-state index contributed by atoms with van der Waals surface area (Å²) in [5, 5.41) is 0. The molecule has 0 aliphatic rings. The van der Waals surface area contributed by atoms with Gasteiger partial charge in [0.1, 0.15) is 0 Å². The van der Waals surface area contributed by atoms with Crippen molar-refractivity contribution < 1.29 is 14.0 Å². The zero-order valence-corrected chi connectivity index (χ0v) is 6.50. The third kappa shape index (κ3) is 4.55. The van der Waals surface area contributed by atoms with Crippen molar-refractivity contribution in [2.45, 2.75) is 12.5 Å². The van der Waals surface area contributed by atoms with Gasteiger partial charge in [-0.15, -0.1) is 0 Å². The molecule has 0 atom stereocenters. The molecule has 0 aromatic heterocycles. The fourth-order valence-corrected chi connectivity index (χ4v) is 1.30. The van der Waals surface area contributed by atoms with E-state index in [0.717, 1.165) is 0 Å². The monoisotopic (exact) mass is 151 g/mol. The number of rotatable bonds is 4. The predicted molar refractivity (Wildman–Crippen MR) is 35.7 cm³/mol. The molecule has 4 nitrogen and oxygen atoms in total. The molecule has 0 spiro atoms. The molecule has 4 N–H and O–H groups in total. The van der Waals surface area contributed by atoms with Crippen LogP contribution in [0.25, 0.3) is 0 Å². The van der Waals surface area contributed by atoms with Gasteiger partial charge in [0.05, 0.1) is 0 Å². The standard InChI is InChI=1S/C4H13NO3Si/c1-8-9(6,7)4-2-3-5/h6-7H,2-5H2,1H3. The summed E-state index contributed by atoms with van der Waals surface area (Å²) in [5.41, 5.74) is 5.13. The molecule has 0 radical (unpaired) electrons. The molecule has 0 aliphatic carbocycles. The minimum atomic E-state index is -3.28. The number of hydrogen-bond donors (Lipinski definition) is 3. The van der Waals surface area contributed by atoms with Crippen molar-refractivity contribution >= 4 is 8.80 Å². The zero-order chi connectivity index (χ0) is 7.33. The highest BCUT2D eigenvalue weighted by molar-refractivity contribution is 6.57. The Kier molecular flexibility index (Phi) is 3.99. The first kappa shape index (κ1) is 9.06. The Labute approximate surface area is 55.6 Å². The SMILES string of the molecule is CO[Si](O)(O)CCCN. The van der Waals surface area contributed by atoms with E-state index in [-0.39, 0.29) is 0 Å². The first-order valence-corrected chi connectivity index (χ1v) is 4.83. The summed E-state index contributed by atoms with van der Waals surface area (Å²) in [5.74, 6) is 0. The van der Waals surface area contributed by atoms with Crippen LogP contribution in [0.2, 0.25) is 6.04 Å². The number of hydrogen-bond acceptors (Lipinski definition) is 4. The molecule has 0 saturated carbocycles. The lowest BCUT2D eigenvalue weighted by Crippen LogP contribution is -2.37. The van der Waals surface area contributed by atoms with E-state index in [0.29, 0.717) is 19.0 Å². The average Bonchev–Trinajstić information content (AvgIpc) is 1.84. The highest BCUT2D eigenvalue weighted by Gasteiger charge is 2.28. The second kappa shape index (κ2) is 3.97. The fourth-order valence-electron chi connectivity index (χ4n) is 0.434. The quantitative estimate of drug-likeness (QED) is 0.446. The molecule has 0 rings (SSSR count). The van der Waals surface area contributed by atoms with Crippen molar-refractivity contribution in [2.75, 3.05) is 13.7 Å². The van der Waals surface area contributed by atoms with E-state index in [1.54, 1.807) is 0 Å². The lowest BCUT2D eigenvalue weighted by atomic mass is 10.5. The molecule has 9 heavy (non-hydrogen) atoms. The molecule has 0 aliphatic heterocycles. The Balaban J connectivity index is 3.33. The van der Waals surface area contributed by atoms with Crippen LogP contribution in [0.3, 0.4) is 0 Å². The van der Waals surface area contributed by atoms with Gasteiger partial charge in [0.2, 0.25) is 0 Å². The molecule has 0 aromatic carbocycles. The van der Waals surface area contributed by atoms with Crippen LogP contribution in [0.4, 0.5) is 0 Å². The molecule has 0 heterocycles. The molecular formula is C4H13NO3Si. The van der Waals surface area contributed by atoms with Gasteiger partial charge in [0.15, 0.2) is 0 Å². The zero-order valence-electron chi connectivity index (χ0n) is 5.50. The lowest BCUT2D eigenvalue weighted by Gasteiger charge is -2.12. The first-order chi connectivity index (χ1) is 4.12. The maximum atomic E-state index is 8.87. The van der Waals surface area contributed by atoms with Crippen LogP contribution in [0.5, 0.6) is 0 Å². The average molecular weight is 151 g/mol. The molecule has 56 valence electrons. The molecule has 0 aromatic rings. The van der Waals surface area contributed by atoms with Crippen molar-refractivity contribution in [2.24, 2.45) is 5.73 Å². The Morgan fingerprint density at radius 2 is 2.11 bits per heavy atom. The lowest BCUT2D eigenvalue weighted by molar-refractivity contribution is 0.184. The molecule has 0 unspecified atom stereocenters. The van der Waals surface area contributed by atoms with Crippen molar-refractivity contribution in [3.05, 3.63) is 0 Å². The van der Waals surface area contributed by atoms with E-state index >= 15 is 0 Å². The Bertz CT molecular complexity index is 78.2. The van der Waals surface area contributed by atoms with Gasteiger partial charge in [-0.2, -0.15) is 0 Å². The minimum Gasteiger partial charge on any atom is -0.390 e. The summed E-state index contributed by atoms with van der Waals surface area (Å²) in [4.78, 5) is 17.7. The second-order valence-electron chi connectivity index (χ2n) is 1.84. The van der Waals surface area contributed by atoms with Crippen molar-refractivity contribution in [1.29, 1.82) is 0 Å². The van der Waals surface area contributed by atoms with E-state index in [1.807, 2.05) is 0 Å². The van der Waals surface area contributed by atoms with Crippen LogP contribution >= 0.6 is 0 Å². The smallest absolute Gasteiger partial charge is 0.390 e. The summed E-state index contributed by atoms with van der Waals surface area (Å²) in [6.45, 7) is 0.471. The van der Waals surface area contributed by atoms with Gasteiger partial charge in [-0.1, -0.05) is 0 Å². The van der Waals surface area contributed by atoms with Gasteiger partial charge >= 0.3 is 8.80 Å². The molecule has 0 amide bonds. The summed E-state index contributed by atoms with van der Waals surface area (Å²) in [7, 11) is -1.98. The van der Waals surface area contributed by atoms with Crippen LogP contribution in [0.15, 0.2) is 0 Å². The van der Waals surface area contributed by atoms with Crippen molar-refractivity contribution in [1.82, 2.24) is 0 Å².